The summed E-state index contributed by atoms with van der Waals surface area (Å²) in [6.45, 7) is 1.40. The predicted octanol–water partition coefficient (Wildman–Crippen LogP) is 2.38. The predicted molar refractivity (Wildman–Crippen MR) is 89.4 cm³/mol. The van der Waals surface area contributed by atoms with Crippen LogP contribution in [0.5, 0.6) is 0 Å². The largest absolute Gasteiger partial charge is 0.316 e. The van der Waals surface area contributed by atoms with Crippen molar-refractivity contribution in [2.45, 2.75) is 11.8 Å². The van der Waals surface area contributed by atoms with Gasteiger partial charge in [-0.05, 0) is 36.4 Å². The number of non-ortho nitro benzene ring substituents is 1. The molecule has 0 fully saturated rings. The molecule has 2 rings (SSSR count). The van der Waals surface area contributed by atoms with Gasteiger partial charge in [-0.2, -0.15) is 0 Å². The fourth-order valence-electron chi connectivity index (χ4n) is 1.90. The summed E-state index contributed by atoms with van der Waals surface area (Å²) in [5, 5.41) is 10.6. The number of benzene rings is 2. The van der Waals surface area contributed by atoms with Crippen LogP contribution in [-0.4, -0.2) is 26.3 Å². The number of nitrogens with zero attached hydrogens (tertiary/aromatic N) is 2. The molecule has 2 aromatic rings. The molecule has 126 valence electrons. The highest BCUT2D eigenvalue weighted by atomic mass is 32.2. The van der Waals surface area contributed by atoms with Crippen LogP contribution in [0.3, 0.4) is 0 Å². The lowest BCUT2D eigenvalue weighted by atomic mass is 10.3. The zero-order valence-corrected chi connectivity index (χ0v) is 13.8. The van der Waals surface area contributed by atoms with E-state index in [1.807, 2.05) is 0 Å². The summed E-state index contributed by atoms with van der Waals surface area (Å²) in [5.41, 5.74) is 0.650. The first kappa shape index (κ1) is 17.4. The van der Waals surface area contributed by atoms with Crippen molar-refractivity contribution in [1.29, 1.82) is 0 Å². The molecule has 0 saturated heterocycles. The zero-order valence-electron chi connectivity index (χ0n) is 13.0. The van der Waals surface area contributed by atoms with E-state index in [-0.39, 0.29) is 22.2 Å². The third kappa shape index (κ3) is 3.87. The van der Waals surface area contributed by atoms with Crippen LogP contribution in [-0.2, 0) is 14.8 Å². The highest BCUT2D eigenvalue weighted by Gasteiger charge is 2.16. The van der Waals surface area contributed by atoms with Crippen LogP contribution in [0.25, 0.3) is 0 Å². The first-order chi connectivity index (χ1) is 11.2. The Morgan fingerprint density at radius 3 is 2.08 bits per heavy atom. The number of carbonyl (C=O) groups excluding carboxylic acids is 1. The number of nitro groups is 1. The molecule has 9 heteroatoms. The second-order valence-electron chi connectivity index (χ2n) is 4.98. The molecule has 24 heavy (non-hydrogen) atoms. The first-order valence-corrected chi connectivity index (χ1v) is 8.30. The number of rotatable bonds is 5. The molecule has 0 radical (unpaired) electrons. The molecule has 0 bridgehead atoms. The van der Waals surface area contributed by atoms with Gasteiger partial charge in [0.2, 0.25) is 5.91 Å². The molecule has 0 aliphatic rings. The van der Waals surface area contributed by atoms with E-state index in [0.29, 0.717) is 5.69 Å². The highest BCUT2D eigenvalue weighted by molar-refractivity contribution is 7.92. The third-order valence-electron chi connectivity index (χ3n) is 3.34. The Morgan fingerprint density at radius 2 is 1.62 bits per heavy atom. The molecule has 0 aromatic heterocycles. The summed E-state index contributed by atoms with van der Waals surface area (Å²) in [5.74, 6) is -0.172. The quantitative estimate of drug-likeness (QED) is 0.658. The average Bonchev–Trinajstić information content (AvgIpc) is 2.54. The maximum atomic E-state index is 12.3. The van der Waals surface area contributed by atoms with E-state index in [9.17, 15) is 23.3 Å². The molecule has 1 N–H and O–H groups in total. The molecule has 0 aliphatic carbocycles. The van der Waals surface area contributed by atoms with Crippen molar-refractivity contribution in [3.63, 3.8) is 0 Å². The molecule has 0 heterocycles. The van der Waals surface area contributed by atoms with Crippen LogP contribution in [0.15, 0.2) is 53.4 Å². The molecule has 0 aliphatic heterocycles. The van der Waals surface area contributed by atoms with E-state index in [2.05, 4.69) is 4.72 Å². The lowest BCUT2D eigenvalue weighted by Crippen LogP contribution is -2.22. The van der Waals surface area contributed by atoms with Gasteiger partial charge in [-0.3, -0.25) is 19.6 Å². The van der Waals surface area contributed by atoms with Crippen molar-refractivity contribution >= 4 is 33.0 Å². The van der Waals surface area contributed by atoms with E-state index in [1.54, 1.807) is 7.05 Å². The van der Waals surface area contributed by atoms with Crippen LogP contribution in [0.2, 0.25) is 0 Å². The van der Waals surface area contributed by atoms with Crippen molar-refractivity contribution in [2.24, 2.45) is 0 Å². The van der Waals surface area contributed by atoms with E-state index in [0.717, 1.165) is 0 Å². The highest BCUT2D eigenvalue weighted by Crippen LogP contribution is 2.21. The normalized spacial score (nSPS) is 10.9. The van der Waals surface area contributed by atoms with Crippen LogP contribution in [0, 0.1) is 10.1 Å². The van der Waals surface area contributed by atoms with E-state index in [1.165, 1.54) is 60.4 Å². The number of amides is 1. The fraction of sp³-hybridized carbons (Fsp3) is 0.133. The standard InChI is InChI=1S/C15H15N3O5S/c1-11(19)17(2)13-7-9-15(10-8-13)24(22,23)16-12-3-5-14(6-4-12)18(20)21/h3-10,16H,1-2H3. The summed E-state index contributed by atoms with van der Waals surface area (Å²) < 4.78 is 27.0. The Morgan fingerprint density at radius 1 is 1.08 bits per heavy atom. The Hall–Kier alpha value is -2.94. The summed E-state index contributed by atoms with van der Waals surface area (Å²) in [6, 6.07) is 10.8. The zero-order chi connectivity index (χ0) is 17.9. The van der Waals surface area contributed by atoms with Gasteiger partial charge in [0, 0.05) is 37.5 Å². The molecule has 0 atom stereocenters. The maximum Gasteiger partial charge on any atom is 0.269 e. The van der Waals surface area contributed by atoms with Gasteiger partial charge in [0.05, 0.1) is 9.82 Å². The monoisotopic (exact) mass is 349 g/mol. The number of sulfonamides is 1. The Kier molecular flexibility index (Phi) is 4.84. The lowest BCUT2D eigenvalue weighted by Gasteiger charge is -2.15. The minimum atomic E-state index is -3.83. The molecular weight excluding hydrogens is 334 g/mol. The molecule has 0 spiro atoms. The minimum Gasteiger partial charge on any atom is -0.316 e. The number of anilines is 2. The molecule has 8 nitrogen and oxygen atoms in total. The van der Waals surface area contributed by atoms with Gasteiger partial charge in [-0.15, -0.1) is 0 Å². The van der Waals surface area contributed by atoms with Crippen LogP contribution in [0.1, 0.15) is 6.92 Å². The number of carbonyl (C=O) groups is 1. The molecule has 2 aromatic carbocycles. The molecule has 0 saturated carbocycles. The lowest BCUT2D eigenvalue weighted by molar-refractivity contribution is -0.384. The number of hydrogen-bond donors (Lipinski definition) is 1. The molecule has 0 unspecified atom stereocenters. The number of nitrogens with one attached hydrogen (secondary N) is 1. The summed E-state index contributed by atoms with van der Waals surface area (Å²) in [6.07, 6.45) is 0. The Labute approximate surface area is 138 Å². The Balaban J connectivity index is 2.21. The second kappa shape index (κ2) is 6.67. The summed E-state index contributed by atoms with van der Waals surface area (Å²) in [4.78, 5) is 22.7. The fourth-order valence-corrected chi connectivity index (χ4v) is 2.95. The first-order valence-electron chi connectivity index (χ1n) is 6.82. The molecule has 1 amide bonds. The van der Waals surface area contributed by atoms with Gasteiger partial charge in [0.25, 0.3) is 15.7 Å². The van der Waals surface area contributed by atoms with Crippen molar-refractivity contribution in [2.75, 3.05) is 16.7 Å². The van der Waals surface area contributed by atoms with Crippen molar-refractivity contribution < 1.29 is 18.1 Å². The van der Waals surface area contributed by atoms with Crippen molar-refractivity contribution in [1.82, 2.24) is 0 Å². The van der Waals surface area contributed by atoms with Gasteiger partial charge < -0.3 is 4.90 Å². The van der Waals surface area contributed by atoms with E-state index in [4.69, 9.17) is 0 Å². The SMILES string of the molecule is CC(=O)N(C)c1ccc(S(=O)(=O)Nc2ccc([N+](=O)[O-])cc2)cc1. The summed E-state index contributed by atoms with van der Waals surface area (Å²) >= 11 is 0. The van der Waals surface area contributed by atoms with Gasteiger partial charge in [-0.1, -0.05) is 0 Å². The van der Waals surface area contributed by atoms with E-state index < -0.39 is 14.9 Å². The van der Waals surface area contributed by atoms with Gasteiger partial charge in [0.1, 0.15) is 0 Å². The number of hydrogen-bond acceptors (Lipinski definition) is 5. The Bertz CT molecular complexity index is 861. The van der Waals surface area contributed by atoms with Gasteiger partial charge >= 0.3 is 0 Å². The van der Waals surface area contributed by atoms with Crippen molar-refractivity contribution in [3.05, 3.63) is 58.6 Å². The third-order valence-corrected chi connectivity index (χ3v) is 4.73. The minimum absolute atomic E-state index is 0.0153. The average molecular weight is 349 g/mol. The van der Waals surface area contributed by atoms with Gasteiger partial charge in [-0.25, -0.2) is 8.42 Å². The smallest absolute Gasteiger partial charge is 0.269 e. The topological polar surface area (TPSA) is 110 Å². The van der Waals surface area contributed by atoms with Crippen LogP contribution < -0.4 is 9.62 Å². The summed E-state index contributed by atoms with van der Waals surface area (Å²) in [7, 11) is -2.25. The van der Waals surface area contributed by atoms with Crippen LogP contribution >= 0.6 is 0 Å². The maximum absolute atomic E-state index is 12.3. The number of nitro benzene ring substituents is 1. The second-order valence-corrected chi connectivity index (χ2v) is 6.66. The van der Waals surface area contributed by atoms with Gasteiger partial charge in [0.15, 0.2) is 0 Å². The molecular formula is C15H15N3O5S. The van der Waals surface area contributed by atoms with Crippen LogP contribution in [0.4, 0.5) is 17.1 Å². The van der Waals surface area contributed by atoms with E-state index >= 15 is 0 Å². The van der Waals surface area contributed by atoms with Crippen molar-refractivity contribution in [3.8, 4) is 0 Å².